The molecule has 0 aliphatic carbocycles. The van der Waals surface area contributed by atoms with Crippen molar-refractivity contribution >= 4 is 26.6 Å². The summed E-state index contributed by atoms with van der Waals surface area (Å²) in [4.78, 5) is 22.0. The Labute approximate surface area is 235 Å². The topological polar surface area (TPSA) is 89.0 Å². The summed E-state index contributed by atoms with van der Waals surface area (Å²) in [7, 11) is -0.311. The van der Waals surface area contributed by atoms with Gasteiger partial charge in [-0.25, -0.2) is 8.42 Å². The number of para-hydroxylation sites is 1. The lowest BCUT2D eigenvalue weighted by Crippen LogP contribution is -2.35. The van der Waals surface area contributed by atoms with Crippen LogP contribution in [0.3, 0.4) is 0 Å². The average Bonchev–Trinajstić information content (AvgIpc) is 3.22. The highest BCUT2D eigenvalue weighted by Crippen LogP contribution is 2.30. The summed E-state index contributed by atoms with van der Waals surface area (Å²) in [5, 5.41) is 0.780. The van der Waals surface area contributed by atoms with E-state index in [0.717, 1.165) is 42.0 Å². The number of fused-ring (bicyclic) bond motifs is 1. The first kappa shape index (κ1) is 27.6. The number of carbonyl (C=O) groups excluding carboxylic acids is 1. The molecule has 1 saturated heterocycles. The van der Waals surface area contributed by atoms with Gasteiger partial charge in [-0.1, -0.05) is 36.4 Å². The lowest BCUT2D eigenvalue weighted by molar-refractivity contribution is 0.0761. The third-order valence-corrected chi connectivity index (χ3v) is 8.99. The number of aromatic nitrogens is 1. The van der Waals surface area contributed by atoms with E-state index in [1.54, 1.807) is 62.9 Å². The van der Waals surface area contributed by atoms with Crippen molar-refractivity contribution in [2.24, 2.45) is 0 Å². The number of hydrogen-bond acceptors (Lipinski definition) is 7. The van der Waals surface area contributed by atoms with E-state index in [4.69, 9.17) is 9.47 Å². The van der Waals surface area contributed by atoms with Crippen LogP contribution in [0, 0.1) is 0 Å². The van der Waals surface area contributed by atoms with E-state index >= 15 is 0 Å². The maximum absolute atomic E-state index is 13.3. The third kappa shape index (κ3) is 5.95. The number of sulfone groups is 1. The first-order chi connectivity index (χ1) is 19.4. The van der Waals surface area contributed by atoms with Crippen molar-refractivity contribution in [3.63, 3.8) is 0 Å². The van der Waals surface area contributed by atoms with Crippen LogP contribution in [0.15, 0.2) is 83.9 Å². The minimum atomic E-state index is -3.62. The Balaban J connectivity index is 1.24. The fourth-order valence-corrected chi connectivity index (χ4v) is 6.73. The number of methoxy groups -OCH3 is 2. The molecular formula is C31H33N3O5S. The second-order valence-corrected chi connectivity index (χ2v) is 11.8. The Morgan fingerprint density at radius 1 is 0.850 bits per heavy atom. The van der Waals surface area contributed by atoms with Gasteiger partial charge in [0.05, 0.1) is 35.9 Å². The quantitative estimate of drug-likeness (QED) is 0.312. The minimum absolute atomic E-state index is 0.0515. The standard InChI is InChI=1S/C31H33N3O5S/c1-38-27-9-4-10-28(39-2)26(27)21-33-17-6-18-34(20-19-33)31(35)25-14-12-23(13-15-25)22-40(36,37)29-11-3-7-24-8-5-16-32-30(24)29/h3-5,7-16H,6,17-22H2,1-2H3. The van der Waals surface area contributed by atoms with Crippen LogP contribution < -0.4 is 9.47 Å². The monoisotopic (exact) mass is 559 g/mol. The average molecular weight is 560 g/mol. The fraction of sp³-hybridized carbons (Fsp3) is 0.290. The summed E-state index contributed by atoms with van der Waals surface area (Å²) < 4.78 is 37.6. The van der Waals surface area contributed by atoms with E-state index in [0.29, 0.717) is 36.3 Å². The predicted octanol–water partition coefficient (Wildman–Crippen LogP) is 4.57. The first-order valence-electron chi connectivity index (χ1n) is 13.3. The summed E-state index contributed by atoms with van der Waals surface area (Å²) >= 11 is 0. The molecule has 0 unspecified atom stereocenters. The molecule has 4 aromatic rings. The zero-order valence-corrected chi connectivity index (χ0v) is 23.6. The molecule has 1 fully saturated rings. The number of amides is 1. The molecule has 5 rings (SSSR count). The number of benzene rings is 3. The van der Waals surface area contributed by atoms with Crippen molar-refractivity contribution in [2.45, 2.75) is 23.6 Å². The SMILES string of the molecule is COc1cccc(OC)c1CN1CCCN(C(=O)c2ccc(CS(=O)(=O)c3cccc4cccnc34)cc2)CC1. The Morgan fingerprint density at radius 3 is 2.27 bits per heavy atom. The molecule has 208 valence electrons. The summed E-state index contributed by atoms with van der Waals surface area (Å²) in [5.74, 6) is 1.36. The normalized spacial score (nSPS) is 14.6. The van der Waals surface area contributed by atoms with Crippen LogP contribution in [0.4, 0.5) is 0 Å². The second-order valence-electron chi connectivity index (χ2n) is 9.85. The van der Waals surface area contributed by atoms with E-state index in [9.17, 15) is 13.2 Å². The van der Waals surface area contributed by atoms with Crippen LogP contribution in [-0.2, 0) is 22.1 Å². The summed E-state index contributed by atoms with van der Waals surface area (Å²) in [6.45, 7) is 3.50. The Hall–Kier alpha value is -3.95. The molecule has 0 spiro atoms. The van der Waals surface area contributed by atoms with Crippen molar-refractivity contribution in [2.75, 3.05) is 40.4 Å². The van der Waals surface area contributed by atoms with E-state index < -0.39 is 9.84 Å². The van der Waals surface area contributed by atoms with Crippen molar-refractivity contribution in [3.05, 3.63) is 95.7 Å². The zero-order chi connectivity index (χ0) is 28.1. The van der Waals surface area contributed by atoms with E-state index in [1.165, 1.54) is 0 Å². The minimum Gasteiger partial charge on any atom is -0.496 e. The summed E-state index contributed by atoms with van der Waals surface area (Å²) in [6.07, 6.45) is 2.44. The Morgan fingerprint density at radius 2 is 1.55 bits per heavy atom. The number of ether oxygens (including phenoxy) is 2. The molecule has 0 saturated carbocycles. The van der Waals surface area contributed by atoms with Crippen LogP contribution in [0.25, 0.3) is 10.9 Å². The zero-order valence-electron chi connectivity index (χ0n) is 22.7. The highest BCUT2D eigenvalue weighted by atomic mass is 32.2. The molecule has 0 radical (unpaired) electrons. The Bertz CT molecular complexity index is 1580. The molecule has 2 heterocycles. The molecular weight excluding hydrogens is 526 g/mol. The van der Waals surface area contributed by atoms with Gasteiger partial charge in [-0.3, -0.25) is 14.7 Å². The lowest BCUT2D eigenvalue weighted by atomic mass is 10.1. The van der Waals surface area contributed by atoms with Gasteiger partial charge in [0, 0.05) is 49.9 Å². The molecule has 1 aromatic heterocycles. The molecule has 0 bridgehead atoms. The van der Waals surface area contributed by atoms with Crippen LogP contribution in [0.2, 0.25) is 0 Å². The van der Waals surface area contributed by atoms with Gasteiger partial charge in [0.1, 0.15) is 11.5 Å². The number of carbonyl (C=O) groups is 1. The van der Waals surface area contributed by atoms with E-state index in [-0.39, 0.29) is 16.6 Å². The summed E-state index contributed by atoms with van der Waals surface area (Å²) in [5.41, 5.74) is 2.64. The molecule has 8 nitrogen and oxygen atoms in total. The number of pyridine rings is 1. The van der Waals surface area contributed by atoms with Crippen molar-refractivity contribution < 1.29 is 22.7 Å². The van der Waals surface area contributed by atoms with Gasteiger partial charge in [-0.2, -0.15) is 0 Å². The summed E-state index contributed by atoms with van der Waals surface area (Å²) in [6, 6.07) is 21.5. The van der Waals surface area contributed by atoms with Gasteiger partial charge in [-0.15, -0.1) is 0 Å². The maximum atomic E-state index is 13.3. The maximum Gasteiger partial charge on any atom is 0.253 e. The van der Waals surface area contributed by atoms with Gasteiger partial charge in [0.2, 0.25) is 0 Å². The van der Waals surface area contributed by atoms with Crippen LogP contribution >= 0.6 is 0 Å². The molecule has 1 aliphatic rings. The van der Waals surface area contributed by atoms with Crippen LogP contribution in [0.1, 0.15) is 27.9 Å². The van der Waals surface area contributed by atoms with Crippen LogP contribution in [-0.4, -0.2) is 69.5 Å². The molecule has 9 heteroatoms. The molecule has 3 aromatic carbocycles. The van der Waals surface area contributed by atoms with Gasteiger partial charge in [0.15, 0.2) is 9.84 Å². The van der Waals surface area contributed by atoms with Crippen molar-refractivity contribution in [1.82, 2.24) is 14.8 Å². The molecule has 1 aliphatic heterocycles. The smallest absolute Gasteiger partial charge is 0.253 e. The molecule has 1 amide bonds. The number of hydrogen-bond donors (Lipinski definition) is 0. The molecule has 0 N–H and O–H groups in total. The highest BCUT2D eigenvalue weighted by Gasteiger charge is 2.23. The first-order valence-corrected chi connectivity index (χ1v) is 14.9. The highest BCUT2D eigenvalue weighted by molar-refractivity contribution is 7.90. The van der Waals surface area contributed by atoms with Crippen LogP contribution in [0.5, 0.6) is 11.5 Å². The second kappa shape index (κ2) is 12.1. The molecule has 40 heavy (non-hydrogen) atoms. The predicted molar refractivity (Wildman–Crippen MR) is 154 cm³/mol. The van der Waals surface area contributed by atoms with Gasteiger partial charge >= 0.3 is 0 Å². The van der Waals surface area contributed by atoms with Gasteiger partial charge < -0.3 is 14.4 Å². The van der Waals surface area contributed by atoms with E-state index in [2.05, 4.69) is 9.88 Å². The van der Waals surface area contributed by atoms with Crippen molar-refractivity contribution in [3.8, 4) is 11.5 Å². The lowest BCUT2D eigenvalue weighted by Gasteiger charge is -2.23. The largest absolute Gasteiger partial charge is 0.496 e. The molecule has 0 atom stereocenters. The number of nitrogens with zero attached hydrogens (tertiary/aromatic N) is 3. The van der Waals surface area contributed by atoms with Crippen molar-refractivity contribution in [1.29, 1.82) is 0 Å². The fourth-order valence-electron chi connectivity index (χ4n) is 5.19. The Kier molecular flexibility index (Phi) is 8.32. The van der Waals surface area contributed by atoms with Gasteiger partial charge in [-0.05, 0) is 48.4 Å². The van der Waals surface area contributed by atoms with E-state index in [1.807, 2.05) is 35.2 Å². The van der Waals surface area contributed by atoms with Gasteiger partial charge in [0.25, 0.3) is 5.91 Å². The third-order valence-electron chi connectivity index (χ3n) is 7.28. The number of rotatable bonds is 8.